The van der Waals surface area contributed by atoms with Crippen LogP contribution in [0.5, 0.6) is 0 Å². The van der Waals surface area contributed by atoms with Gasteiger partial charge in [0.2, 0.25) is 5.91 Å². The van der Waals surface area contributed by atoms with E-state index >= 15 is 0 Å². The van der Waals surface area contributed by atoms with Crippen molar-refractivity contribution < 1.29 is 19.4 Å². The average molecular weight is 544 g/mol. The number of carboxylic acids is 1. The van der Waals surface area contributed by atoms with Gasteiger partial charge in [-0.15, -0.1) is 0 Å². The lowest BCUT2D eigenvalue weighted by atomic mass is 9.47. The van der Waals surface area contributed by atoms with Gasteiger partial charge in [0.25, 0.3) is 0 Å². The molecule has 4 rings (SSSR count). The fourth-order valence-corrected chi connectivity index (χ4v) is 9.65. The molecule has 1 unspecified atom stereocenters. The minimum Gasteiger partial charge on any atom is -0.481 e. The fourth-order valence-electron chi connectivity index (χ4n) is 9.65. The molecule has 0 spiro atoms. The van der Waals surface area contributed by atoms with Crippen LogP contribution in [0.15, 0.2) is 11.6 Å². The summed E-state index contributed by atoms with van der Waals surface area (Å²) in [5, 5.41) is 11.5. The lowest BCUT2D eigenvalue weighted by Gasteiger charge is -2.58. The number of carboxylic acid groups (broad SMARTS) is 1. The van der Waals surface area contributed by atoms with E-state index in [1.165, 1.54) is 57.8 Å². The molecule has 0 bridgehead atoms. The van der Waals surface area contributed by atoms with E-state index in [9.17, 15) is 9.59 Å². The second-order valence-corrected chi connectivity index (χ2v) is 14.6. The van der Waals surface area contributed by atoms with Crippen LogP contribution in [-0.2, 0) is 14.3 Å². The van der Waals surface area contributed by atoms with Gasteiger partial charge in [-0.25, -0.2) is 0 Å². The molecule has 0 aromatic carbocycles. The summed E-state index contributed by atoms with van der Waals surface area (Å²) >= 11 is 0. The Balaban J connectivity index is 1.27. The molecule has 5 nitrogen and oxygen atoms in total. The molecular weight excluding hydrogens is 486 g/mol. The summed E-state index contributed by atoms with van der Waals surface area (Å²) in [5.41, 5.74) is 2.56. The van der Waals surface area contributed by atoms with Crippen LogP contribution in [0.3, 0.4) is 0 Å². The molecule has 3 fully saturated rings. The number of allylic oxidation sites excluding steroid dienone is 1. The summed E-state index contributed by atoms with van der Waals surface area (Å²) in [6.07, 6.45) is 18.3. The van der Waals surface area contributed by atoms with Gasteiger partial charge in [0.05, 0.1) is 12.5 Å². The number of hydrogen-bond acceptors (Lipinski definition) is 3. The van der Waals surface area contributed by atoms with Crippen molar-refractivity contribution in [3.63, 3.8) is 0 Å². The van der Waals surface area contributed by atoms with Gasteiger partial charge in [-0.3, -0.25) is 9.59 Å². The van der Waals surface area contributed by atoms with E-state index < -0.39 is 5.97 Å². The molecule has 0 radical (unpaired) electrons. The summed E-state index contributed by atoms with van der Waals surface area (Å²) in [4.78, 5) is 22.3. The normalized spacial score (nSPS) is 36.5. The highest BCUT2D eigenvalue weighted by Crippen LogP contribution is 2.67. The molecule has 39 heavy (non-hydrogen) atoms. The first kappa shape index (κ1) is 30.6. The lowest BCUT2D eigenvalue weighted by molar-refractivity contribution is -0.138. The quantitative estimate of drug-likeness (QED) is 0.184. The van der Waals surface area contributed by atoms with E-state index in [0.29, 0.717) is 30.1 Å². The third-order valence-corrected chi connectivity index (χ3v) is 11.8. The third-order valence-electron chi connectivity index (χ3n) is 11.8. The maximum atomic E-state index is 11.7. The van der Waals surface area contributed by atoms with Crippen molar-refractivity contribution in [3.05, 3.63) is 11.6 Å². The van der Waals surface area contributed by atoms with Crippen molar-refractivity contribution in [2.45, 2.75) is 131 Å². The molecule has 2 N–H and O–H groups in total. The van der Waals surface area contributed by atoms with Crippen LogP contribution in [0.1, 0.15) is 125 Å². The molecule has 0 aliphatic heterocycles. The van der Waals surface area contributed by atoms with Gasteiger partial charge in [-0.2, -0.15) is 0 Å². The van der Waals surface area contributed by atoms with E-state index in [4.69, 9.17) is 9.84 Å². The van der Waals surface area contributed by atoms with Crippen LogP contribution in [0.4, 0.5) is 0 Å². The Bertz CT molecular complexity index is 882. The molecule has 0 aromatic rings. The van der Waals surface area contributed by atoms with Gasteiger partial charge in [0.15, 0.2) is 0 Å². The Morgan fingerprint density at radius 2 is 1.82 bits per heavy atom. The molecule has 0 aromatic heterocycles. The predicted octanol–water partition coefficient (Wildman–Crippen LogP) is 7.78. The van der Waals surface area contributed by atoms with Crippen molar-refractivity contribution in [3.8, 4) is 0 Å². The standard InChI is InChI=1S/C34H57NO4/c1-23(2)8-6-9-24(3)28-12-13-29-27-11-10-25-22-26(39-21-7-20-35-31(36)14-15-32(37)38)16-18-33(25,4)30(27)17-19-34(28,29)5/h10,23-24,26-30H,6-9,11-22H2,1-5H3,(H,35,36)(H,37,38)/t24?,26-,27-,28+,29-,30-,33-,34+/m0/s1. The molecule has 4 aliphatic rings. The highest BCUT2D eigenvalue weighted by Gasteiger charge is 2.59. The van der Waals surface area contributed by atoms with Crippen molar-refractivity contribution in [2.24, 2.45) is 46.3 Å². The first-order chi connectivity index (χ1) is 18.5. The zero-order valence-electron chi connectivity index (χ0n) is 25.6. The molecule has 5 heteroatoms. The van der Waals surface area contributed by atoms with E-state index in [-0.39, 0.29) is 18.7 Å². The molecule has 222 valence electrons. The highest BCUT2D eigenvalue weighted by molar-refractivity contribution is 5.80. The third kappa shape index (κ3) is 6.93. The number of carbonyl (C=O) groups excluding carboxylic acids is 1. The van der Waals surface area contributed by atoms with Gasteiger partial charge >= 0.3 is 5.97 Å². The van der Waals surface area contributed by atoms with Gasteiger partial charge in [0.1, 0.15) is 0 Å². The Morgan fingerprint density at radius 1 is 1.03 bits per heavy atom. The molecule has 4 aliphatic carbocycles. The second-order valence-electron chi connectivity index (χ2n) is 14.6. The number of aliphatic carboxylic acids is 1. The SMILES string of the molecule is CC(C)CCCC(C)[C@H]1CC[C@H]2[C@@H]3CC=C4C[C@@H](OCCCNC(=O)CCC(=O)O)CC[C@]4(C)[C@H]3CC[C@]12C. The topological polar surface area (TPSA) is 75.6 Å². The first-order valence-corrected chi connectivity index (χ1v) is 16.3. The summed E-state index contributed by atoms with van der Waals surface area (Å²) in [7, 11) is 0. The van der Waals surface area contributed by atoms with Gasteiger partial charge < -0.3 is 15.2 Å². The van der Waals surface area contributed by atoms with Crippen LogP contribution < -0.4 is 5.32 Å². The smallest absolute Gasteiger partial charge is 0.303 e. The molecule has 3 saturated carbocycles. The second kappa shape index (κ2) is 13.1. The van der Waals surface area contributed by atoms with Crippen LogP contribution in [-0.4, -0.2) is 36.2 Å². The van der Waals surface area contributed by atoms with Crippen LogP contribution in [0.25, 0.3) is 0 Å². The molecular formula is C34H57NO4. The van der Waals surface area contributed by atoms with Crippen molar-refractivity contribution in [1.29, 1.82) is 0 Å². The number of nitrogens with one attached hydrogen (secondary N) is 1. The Kier molecular flexibility index (Phi) is 10.3. The van der Waals surface area contributed by atoms with Crippen LogP contribution >= 0.6 is 0 Å². The number of ether oxygens (including phenoxy) is 1. The molecule has 0 saturated heterocycles. The molecule has 1 amide bonds. The monoisotopic (exact) mass is 543 g/mol. The van der Waals surface area contributed by atoms with E-state index in [0.717, 1.165) is 54.8 Å². The number of amides is 1. The Hall–Kier alpha value is -1.36. The lowest BCUT2D eigenvalue weighted by Crippen LogP contribution is -2.51. The van der Waals surface area contributed by atoms with E-state index in [1.807, 2.05) is 0 Å². The number of fused-ring (bicyclic) bond motifs is 5. The minimum absolute atomic E-state index is 0.0473. The van der Waals surface area contributed by atoms with Gasteiger partial charge in [0, 0.05) is 19.6 Å². The Labute approximate surface area is 238 Å². The summed E-state index contributed by atoms with van der Waals surface area (Å²) in [6.45, 7) is 13.8. The zero-order chi connectivity index (χ0) is 28.2. The van der Waals surface area contributed by atoms with Crippen LogP contribution in [0.2, 0.25) is 0 Å². The molecule has 0 heterocycles. The first-order valence-electron chi connectivity index (χ1n) is 16.3. The van der Waals surface area contributed by atoms with Crippen molar-refractivity contribution in [2.75, 3.05) is 13.2 Å². The zero-order valence-corrected chi connectivity index (χ0v) is 25.6. The number of carbonyl (C=O) groups is 2. The Morgan fingerprint density at radius 3 is 2.56 bits per heavy atom. The van der Waals surface area contributed by atoms with Crippen molar-refractivity contribution in [1.82, 2.24) is 5.32 Å². The maximum absolute atomic E-state index is 11.7. The highest BCUT2D eigenvalue weighted by atomic mass is 16.5. The summed E-state index contributed by atoms with van der Waals surface area (Å²) in [6, 6.07) is 0. The fraction of sp³-hybridized carbons (Fsp3) is 0.882. The maximum Gasteiger partial charge on any atom is 0.303 e. The molecule has 8 atom stereocenters. The summed E-state index contributed by atoms with van der Waals surface area (Å²) in [5.74, 6) is 4.10. The number of hydrogen-bond donors (Lipinski definition) is 2. The van der Waals surface area contributed by atoms with Gasteiger partial charge in [-0.05, 0) is 104 Å². The van der Waals surface area contributed by atoms with Crippen LogP contribution in [0, 0.1) is 46.3 Å². The largest absolute Gasteiger partial charge is 0.481 e. The van der Waals surface area contributed by atoms with Gasteiger partial charge in [-0.1, -0.05) is 65.5 Å². The number of rotatable bonds is 13. The van der Waals surface area contributed by atoms with Crippen molar-refractivity contribution >= 4 is 11.9 Å². The summed E-state index contributed by atoms with van der Waals surface area (Å²) < 4.78 is 6.28. The predicted molar refractivity (Wildman–Crippen MR) is 157 cm³/mol. The average Bonchev–Trinajstić information content (AvgIpc) is 3.24. The van der Waals surface area contributed by atoms with E-state index in [2.05, 4.69) is 46.0 Å². The van der Waals surface area contributed by atoms with E-state index in [1.54, 1.807) is 5.57 Å². The minimum atomic E-state index is -0.932.